The molecule has 3 heterocycles. The summed E-state index contributed by atoms with van der Waals surface area (Å²) < 4.78 is 15.6. The first-order valence-electron chi connectivity index (χ1n) is 10.8. The number of fused-ring (bicyclic) bond motifs is 1. The van der Waals surface area contributed by atoms with Gasteiger partial charge in [0.15, 0.2) is 0 Å². The van der Waals surface area contributed by atoms with Crippen molar-refractivity contribution in [3.8, 4) is 0 Å². The number of halogens is 1. The van der Waals surface area contributed by atoms with E-state index < -0.39 is 11.9 Å². The molecule has 1 aliphatic heterocycles. The van der Waals surface area contributed by atoms with Crippen LogP contribution in [0.1, 0.15) is 43.2 Å². The predicted molar refractivity (Wildman–Crippen MR) is 118 cm³/mol. The molecule has 172 valence electrons. The number of hydrogen-bond donors (Lipinski definition) is 3. The van der Waals surface area contributed by atoms with Crippen LogP contribution in [0.5, 0.6) is 0 Å². The Morgan fingerprint density at radius 3 is 2.56 bits per heavy atom. The van der Waals surface area contributed by atoms with Crippen molar-refractivity contribution >= 4 is 22.8 Å². The minimum Gasteiger partial charge on any atom is -0.473 e. The topological polar surface area (TPSA) is 111 Å². The lowest BCUT2D eigenvalue weighted by molar-refractivity contribution is -0.159. The summed E-state index contributed by atoms with van der Waals surface area (Å²) in [6, 6.07) is 5.03. The Labute approximate surface area is 185 Å². The Morgan fingerprint density at radius 2 is 1.91 bits per heavy atom. The number of H-pyrrole nitrogens is 1. The number of rotatable bonds is 6. The number of benzene rings is 1. The summed E-state index contributed by atoms with van der Waals surface area (Å²) in [7, 11) is 0. The van der Waals surface area contributed by atoms with E-state index in [0.29, 0.717) is 5.92 Å². The smallest absolute Gasteiger partial charge is 0.414 e. The van der Waals surface area contributed by atoms with Crippen LogP contribution in [0.3, 0.4) is 0 Å². The fraction of sp³-hybridized carbons (Fsp3) is 0.435. The highest BCUT2D eigenvalue weighted by Gasteiger charge is 2.22. The summed E-state index contributed by atoms with van der Waals surface area (Å²) in [6.45, 7) is 6.47. The van der Waals surface area contributed by atoms with E-state index in [9.17, 15) is 4.39 Å². The Hall–Kier alpha value is -3.20. The van der Waals surface area contributed by atoms with Gasteiger partial charge in [0.2, 0.25) is 0 Å². The predicted octanol–water partition coefficient (Wildman–Crippen LogP) is 3.49. The number of aromatic nitrogens is 3. The molecule has 9 heteroatoms. The van der Waals surface area contributed by atoms with Crippen molar-refractivity contribution in [3.05, 3.63) is 53.7 Å². The second kappa shape index (κ2) is 10.9. The van der Waals surface area contributed by atoms with Crippen molar-refractivity contribution in [1.29, 1.82) is 0 Å². The zero-order valence-electron chi connectivity index (χ0n) is 18.1. The van der Waals surface area contributed by atoms with E-state index >= 15 is 0 Å². The zero-order chi connectivity index (χ0) is 23.1. The number of piperidine rings is 1. The van der Waals surface area contributed by atoms with Gasteiger partial charge in [-0.25, -0.2) is 14.0 Å². The minimum absolute atomic E-state index is 0.153. The molecule has 0 saturated carbocycles. The van der Waals surface area contributed by atoms with Crippen LogP contribution in [-0.4, -0.2) is 61.5 Å². The van der Waals surface area contributed by atoms with Gasteiger partial charge in [-0.05, 0) is 74.0 Å². The summed E-state index contributed by atoms with van der Waals surface area (Å²) in [6.07, 6.45) is 10.7. The normalized spacial score (nSPS) is 14.8. The number of carboxylic acids is 2. The average molecular weight is 445 g/mol. The van der Waals surface area contributed by atoms with Crippen LogP contribution in [0.15, 0.2) is 36.8 Å². The average Bonchev–Trinajstić information content (AvgIpc) is 3.40. The van der Waals surface area contributed by atoms with Crippen LogP contribution >= 0.6 is 0 Å². The summed E-state index contributed by atoms with van der Waals surface area (Å²) in [4.78, 5) is 24.0. The third kappa shape index (κ3) is 6.16. The van der Waals surface area contributed by atoms with E-state index in [0.717, 1.165) is 62.8 Å². The van der Waals surface area contributed by atoms with Gasteiger partial charge in [0, 0.05) is 36.4 Å². The lowest BCUT2D eigenvalue weighted by Crippen LogP contribution is -2.34. The van der Waals surface area contributed by atoms with Crippen LogP contribution in [0.4, 0.5) is 4.39 Å². The standard InChI is InChI=1S/C21H27FN4.C2H2O4/c1-2-8-26-15-16(13-24-26)5-9-25-10-6-17(7-11-25)20-14-23-21-4-3-18(22)12-19(20)21;3-1(4)2(5)6/h3-4,12-15,17,23H,2,5-11H2,1H3;(H,3,4)(H,5,6). The maximum absolute atomic E-state index is 13.6. The van der Waals surface area contributed by atoms with Gasteiger partial charge in [-0.2, -0.15) is 5.10 Å². The van der Waals surface area contributed by atoms with E-state index in [-0.39, 0.29) is 5.82 Å². The number of aryl methyl sites for hydroxylation is 1. The lowest BCUT2D eigenvalue weighted by Gasteiger charge is -2.31. The number of carbonyl (C=O) groups is 2. The molecule has 1 fully saturated rings. The third-order valence-electron chi connectivity index (χ3n) is 5.74. The van der Waals surface area contributed by atoms with Gasteiger partial charge in [0.05, 0.1) is 6.20 Å². The molecule has 1 saturated heterocycles. The van der Waals surface area contributed by atoms with E-state index in [2.05, 4.69) is 34.3 Å². The van der Waals surface area contributed by atoms with Crippen molar-refractivity contribution in [2.24, 2.45) is 0 Å². The molecule has 0 radical (unpaired) electrons. The summed E-state index contributed by atoms with van der Waals surface area (Å²) in [5, 5.41) is 20.2. The van der Waals surface area contributed by atoms with Gasteiger partial charge in [-0.15, -0.1) is 0 Å². The Bertz CT molecular complexity index is 1040. The fourth-order valence-corrected chi connectivity index (χ4v) is 4.09. The molecule has 0 unspecified atom stereocenters. The Kier molecular flexibility index (Phi) is 7.99. The maximum atomic E-state index is 13.6. The van der Waals surface area contributed by atoms with Gasteiger partial charge in [-0.3, -0.25) is 4.68 Å². The summed E-state index contributed by atoms with van der Waals surface area (Å²) in [5.41, 5.74) is 3.64. The van der Waals surface area contributed by atoms with Crippen molar-refractivity contribution < 1.29 is 24.2 Å². The highest BCUT2D eigenvalue weighted by molar-refractivity contribution is 6.27. The quantitative estimate of drug-likeness (QED) is 0.502. The second-order valence-corrected chi connectivity index (χ2v) is 8.02. The number of aromatic amines is 1. The van der Waals surface area contributed by atoms with Crippen molar-refractivity contribution in [2.75, 3.05) is 19.6 Å². The molecule has 1 aromatic carbocycles. The fourth-order valence-electron chi connectivity index (χ4n) is 4.09. The number of aliphatic carboxylic acids is 2. The molecule has 0 atom stereocenters. The number of nitrogens with zero attached hydrogens (tertiary/aromatic N) is 3. The molecule has 0 spiro atoms. The monoisotopic (exact) mass is 444 g/mol. The molecule has 32 heavy (non-hydrogen) atoms. The molecule has 3 aromatic rings. The molecule has 4 rings (SSSR count). The van der Waals surface area contributed by atoms with E-state index in [4.69, 9.17) is 19.8 Å². The van der Waals surface area contributed by atoms with E-state index in [1.807, 2.05) is 16.9 Å². The molecule has 3 N–H and O–H groups in total. The maximum Gasteiger partial charge on any atom is 0.414 e. The second-order valence-electron chi connectivity index (χ2n) is 8.02. The van der Waals surface area contributed by atoms with E-state index in [1.54, 1.807) is 6.07 Å². The number of nitrogens with one attached hydrogen (secondary N) is 1. The summed E-state index contributed by atoms with van der Waals surface area (Å²) in [5.74, 6) is -3.28. The Morgan fingerprint density at radius 1 is 1.19 bits per heavy atom. The molecule has 0 bridgehead atoms. The SMILES string of the molecule is CCCn1cc(CCN2CCC(c3c[nH]c4ccc(F)cc34)CC2)cn1.O=C(O)C(=O)O. The molecule has 1 aliphatic rings. The highest BCUT2D eigenvalue weighted by Crippen LogP contribution is 2.33. The van der Waals surface area contributed by atoms with Crippen molar-refractivity contribution in [2.45, 2.75) is 45.1 Å². The highest BCUT2D eigenvalue weighted by atomic mass is 19.1. The number of carboxylic acid groups (broad SMARTS) is 2. The van der Waals surface area contributed by atoms with Crippen LogP contribution in [0.2, 0.25) is 0 Å². The van der Waals surface area contributed by atoms with Crippen LogP contribution in [0.25, 0.3) is 10.9 Å². The van der Waals surface area contributed by atoms with Gasteiger partial charge >= 0.3 is 11.9 Å². The number of likely N-dealkylation sites (tertiary alicyclic amines) is 1. The molecule has 8 nitrogen and oxygen atoms in total. The van der Waals surface area contributed by atoms with Gasteiger partial charge in [-0.1, -0.05) is 6.92 Å². The number of hydrogen-bond acceptors (Lipinski definition) is 4. The Balaban J connectivity index is 0.000000427. The van der Waals surface area contributed by atoms with Gasteiger partial charge < -0.3 is 20.1 Å². The first-order valence-corrected chi connectivity index (χ1v) is 10.8. The van der Waals surface area contributed by atoms with Crippen LogP contribution in [0, 0.1) is 5.82 Å². The summed E-state index contributed by atoms with van der Waals surface area (Å²) >= 11 is 0. The molecule has 2 aromatic heterocycles. The van der Waals surface area contributed by atoms with E-state index in [1.165, 1.54) is 17.2 Å². The van der Waals surface area contributed by atoms with Crippen molar-refractivity contribution in [1.82, 2.24) is 19.7 Å². The zero-order valence-corrected chi connectivity index (χ0v) is 18.1. The van der Waals surface area contributed by atoms with Crippen LogP contribution < -0.4 is 0 Å². The van der Waals surface area contributed by atoms with Crippen molar-refractivity contribution in [3.63, 3.8) is 0 Å². The largest absolute Gasteiger partial charge is 0.473 e. The molecule has 0 aliphatic carbocycles. The first kappa shape index (κ1) is 23.5. The molecule has 0 amide bonds. The van der Waals surface area contributed by atoms with Crippen LogP contribution in [-0.2, 0) is 22.6 Å². The molecular formula is C23H29FN4O4. The first-order chi connectivity index (χ1) is 15.4. The van der Waals surface area contributed by atoms with Gasteiger partial charge in [0.25, 0.3) is 0 Å². The lowest BCUT2D eigenvalue weighted by atomic mass is 9.89. The third-order valence-corrected chi connectivity index (χ3v) is 5.74. The van der Waals surface area contributed by atoms with Gasteiger partial charge in [0.1, 0.15) is 5.82 Å². The minimum atomic E-state index is -1.82. The molecular weight excluding hydrogens is 415 g/mol.